The summed E-state index contributed by atoms with van der Waals surface area (Å²) in [5.74, 6) is 0. The second-order valence-corrected chi connectivity index (χ2v) is 13.0. The monoisotopic (exact) mass is 328 g/mol. The lowest BCUT2D eigenvalue weighted by atomic mass is 10.1. The molecule has 0 radical (unpaired) electrons. The van der Waals surface area contributed by atoms with Gasteiger partial charge in [-0.15, -0.1) is 0 Å². The Balaban J connectivity index is 1.98. The van der Waals surface area contributed by atoms with Gasteiger partial charge in [-0.1, -0.05) is 37.4 Å². The van der Waals surface area contributed by atoms with Gasteiger partial charge in [0.15, 0.2) is 0 Å². The van der Waals surface area contributed by atoms with Crippen LogP contribution in [0.4, 0.5) is 0 Å². The molecule has 23 heavy (non-hydrogen) atoms. The van der Waals surface area contributed by atoms with Crippen molar-refractivity contribution in [3.63, 3.8) is 0 Å². The zero-order chi connectivity index (χ0) is 16.7. The number of likely N-dealkylation sites (tertiary alicyclic amines) is 1. The summed E-state index contributed by atoms with van der Waals surface area (Å²) in [6, 6.07) is 9.03. The summed E-state index contributed by atoms with van der Waals surface area (Å²) in [4.78, 5) is 6.69. The molecule has 1 atom stereocenters. The van der Waals surface area contributed by atoms with Gasteiger partial charge in [-0.25, -0.2) is 0 Å². The van der Waals surface area contributed by atoms with Gasteiger partial charge in [0.1, 0.15) is 8.24 Å². The average Bonchev–Trinajstić information content (AvgIpc) is 2.86. The molecule has 126 valence electrons. The molecule has 0 spiro atoms. The fourth-order valence-electron chi connectivity index (χ4n) is 4.53. The van der Waals surface area contributed by atoms with E-state index in [1.54, 1.807) is 11.3 Å². The summed E-state index contributed by atoms with van der Waals surface area (Å²) in [7, 11) is -1.66. The van der Waals surface area contributed by atoms with E-state index < -0.39 is 8.24 Å². The highest BCUT2D eigenvalue weighted by molar-refractivity contribution is 6.77. The average molecular weight is 329 g/mol. The summed E-state index contributed by atoms with van der Waals surface area (Å²) in [5, 5.41) is 0. The van der Waals surface area contributed by atoms with Gasteiger partial charge in [0.05, 0.1) is 0 Å². The maximum atomic E-state index is 4.02. The first kappa shape index (κ1) is 16.8. The Kier molecular flexibility index (Phi) is 4.45. The van der Waals surface area contributed by atoms with Crippen molar-refractivity contribution in [1.29, 1.82) is 0 Å². The van der Waals surface area contributed by atoms with Crippen molar-refractivity contribution in [2.45, 2.75) is 64.2 Å². The van der Waals surface area contributed by atoms with Crippen molar-refractivity contribution >= 4 is 14.3 Å². The maximum absolute atomic E-state index is 4.02. The number of fused-ring (bicyclic) bond motifs is 1. The van der Waals surface area contributed by atoms with Gasteiger partial charge in [-0.05, 0) is 57.2 Å². The second-order valence-electron chi connectivity index (χ2n) is 8.78. The topological polar surface area (TPSA) is 15.3 Å². The lowest BCUT2D eigenvalue weighted by Gasteiger charge is -2.42. The third-order valence-corrected chi connectivity index (χ3v) is 8.49. The van der Waals surface area contributed by atoms with Crippen molar-refractivity contribution in [3.8, 4) is 0 Å². The van der Waals surface area contributed by atoms with E-state index in [4.69, 9.17) is 0 Å². The minimum Gasteiger partial charge on any atom is -0.375 e. The normalized spacial score (nSPS) is 22.0. The highest BCUT2D eigenvalue weighted by Gasteiger charge is 2.43. The lowest BCUT2D eigenvalue weighted by Crippen LogP contribution is -2.59. The quantitative estimate of drug-likeness (QED) is 0.806. The Morgan fingerprint density at radius 1 is 1.04 bits per heavy atom. The largest absolute Gasteiger partial charge is 0.375 e. The van der Waals surface area contributed by atoms with E-state index >= 15 is 0 Å². The van der Waals surface area contributed by atoms with Crippen LogP contribution in [0.3, 0.4) is 0 Å². The third kappa shape index (κ3) is 3.56. The summed E-state index contributed by atoms with van der Waals surface area (Å²) in [6.45, 7) is 14.4. The number of piperidine rings is 1. The molecule has 1 unspecified atom stereocenters. The van der Waals surface area contributed by atoms with Crippen LogP contribution in [-0.4, -0.2) is 31.8 Å². The zero-order valence-corrected chi connectivity index (χ0v) is 16.4. The molecule has 1 saturated heterocycles. The van der Waals surface area contributed by atoms with Gasteiger partial charge >= 0.3 is 0 Å². The molecule has 2 aliphatic rings. The molecule has 1 fully saturated rings. The highest BCUT2D eigenvalue weighted by atomic mass is 28.3. The Labute approximate surface area is 143 Å². The summed E-state index contributed by atoms with van der Waals surface area (Å²) >= 11 is 0. The molecule has 1 aromatic rings. The van der Waals surface area contributed by atoms with Gasteiger partial charge in [-0.2, -0.15) is 0 Å². The van der Waals surface area contributed by atoms with Crippen LogP contribution >= 0.6 is 0 Å². The molecule has 3 rings (SSSR count). The standard InChI is InChI=1S/C20H32N2Si/c1-20(2,3)21-23(4,5)19-17-12-8-7-11-16(17)15-18(19)22-13-9-6-10-14-22/h7-8,11-12,15,19,21H,6,9-10,13-14H2,1-5H3. The zero-order valence-electron chi connectivity index (χ0n) is 15.4. The van der Waals surface area contributed by atoms with Crippen molar-refractivity contribution in [2.75, 3.05) is 13.1 Å². The smallest absolute Gasteiger partial charge is 0.133 e. The summed E-state index contributed by atoms with van der Waals surface area (Å²) in [5.41, 5.74) is 5.30. The van der Waals surface area contributed by atoms with Gasteiger partial charge < -0.3 is 9.88 Å². The molecule has 1 aromatic carbocycles. The molecular formula is C20H32N2Si. The van der Waals surface area contributed by atoms with Crippen molar-refractivity contribution in [2.24, 2.45) is 0 Å². The van der Waals surface area contributed by atoms with E-state index in [1.165, 1.54) is 37.9 Å². The number of hydrogen-bond acceptors (Lipinski definition) is 2. The molecular weight excluding hydrogens is 296 g/mol. The molecule has 1 aliphatic carbocycles. The number of nitrogens with one attached hydrogen (secondary N) is 1. The summed E-state index contributed by atoms with van der Waals surface area (Å²) < 4.78 is 0. The molecule has 0 bridgehead atoms. The van der Waals surface area contributed by atoms with Gasteiger partial charge in [-0.3, -0.25) is 0 Å². The number of allylic oxidation sites excluding steroid dienone is 1. The molecule has 1 N–H and O–H groups in total. The van der Waals surface area contributed by atoms with Gasteiger partial charge in [0.2, 0.25) is 0 Å². The van der Waals surface area contributed by atoms with Crippen LogP contribution in [0.25, 0.3) is 6.08 Å². The molecule has 0 amide bonds. The number of rotatable bonds is 3. The Bertz CT molecular complexity index is 592. The predicted molar refractivity (Wildman–Crippen MR) is 103 cm³/mol. The molecule has 2 nitrogen and oxygen atoms in total. The number of nitrogens with zero attached hydrogens (tertiary/aromatic N) is 1. The number of benzene rings is 1. The van der Waals surface area contributed by atoms with Crippen LogP contribution in [-0.2, 0) is 0 Å². The SMILES string of the molecule is CC(C)(C)N[Si](C)(C)C1C(N2CCCCC2)=Cc2ccccc21. The van der Waals surface area contributed by atoms with Crippen molar-refractivity contribution in [3.05, 3.63) is 41.1 Å². The minimum absolute atomic E-state index is 0.167. The predicted octanol–water partition coefficient (Wildman–Crippen LogP) is 4.74. The maximum Gasteiger partial charge on any atom is 0.133 e. The fourth-order valence-corrected chi connectivity index (χ4v) is 8.65. The summed E-state index contributed by atoms with van der Waals surface area (Å²) in [6.07, 6.45) is 6.55. The van der Waals surface area contributed by atoms with Crippen LogP contribution < -0.4 is 4.98 Å². The van der Waals surface area contributed by atoms with E-state index in [-0.39, 0.29) is 5.54 Å². The van der Waals surface area contributed by atoms with E-state index in [9.17, 15) is 0 Å². The van der Waals surface area contributed by atoms with E-state index in [1.807, 2.05) is 0 Å². The first-order valence-corrected chi connectivity index (χ1v) is 12.2. The fraction of sp³-hybridized carbons (Fsp3) is 0.600. The molecule has 1 heterocycles. The van der Waals surface area contributed by atoms with Crippen LogP contribution in [0.2, 0.25) is 13.1 Å². The second kappa shape index (κ2) is 6.10. The lowest BCUT2D eigenvalue weighted by molar-refractivity contribution is 0.280. The molecule has 0 saturated carbocycles. The van der Waals surface area contributed by atoms with E-state index in [0.717, 1.165) is 0 Å². The van der Waals surface area contributed by atoms with Crippen LogP contribution in [0, 0.1) is 0 Å². The van der Waals surface area contributed by atoms with Crippen molar-refractivity contribution in [1.82, 2.24) is 9.88 Å². The third-order valence-electron chi connectivity index (χ3n) is 5.05. The van der Waals surface area contributed by atoms with Gasteiger partial charge in [0, 0.05) is 29.9 Å². The number of hydrogen-bond donors (Lipinski definition) is 1. The van der Waals surface area contributed by atoms with Crippen LogP contribution in [0.5, 0.6) is 0 Å². The first-order valence-electron chi connectivity index (χ1n) is 9.13. The Hall–Kier alpha value is -1.06. The highest BCUT2D eigenvalue weighted by Crippen LogP contribution is 2.43. The van der Waals surface area contributed by atoms with Crippen molar-refractivity contribution < 1.29 is 0 Å². The van der Waals surface area contributed by atoms with Crippen LogP contribution in [0.1, 0.15) is 56.7 Å². The minimum atomic E-state index is -1.66. The Morgan fingerprint density at radius 3 is 2.35 bits per heavy atom. The van der Waals surface area contributed by atoms with E-state index in [0.29, 0.717) is 5.54 Å². The molecule has 1 aliphatic heterocycles. The van der Waals surface area contributed by atoms with Crippen LogP contribution in [0.15, 0.2) is 30.0 Å². The first-order chi connectivity index (χ1) is 10.8. The van der Waals surface area contributed by atoms with Gasteiger partial charge in [0.25, 0.3) is 0 Å². The van der Waals surface area contributed by atoms with E-state index in [2.05, 4.69) is 74.1 Å². The Morgan fingerprint density at radius 2 is 1.70 bits per heavy atom. The molecule has 0 aromatic heterocycles. The molecule has 3 heteroatoms.